The van der Waals surface area contributed by atoms with E-state index < -0.39 is 5.60 Å². The van der Waals surface area contributed by atoms with E-state index in [-0.39, 0.29) is 0 Å². The zero-order chi connectivity index (χ0) is 13.2. The van der Waals surface area contributed by atoms with Gasteiger partial charge in [-0.2, -0.15) is 5.10 Å². The van der Waals surface area contributed by atoms with Crippen LogP contribution in [0, 0.1) is 12.8 Å². The van der Waals surface area contributed by atoms with E-state index in [1.807, 2.05) is 17.9 Å². The normalized spacial score (nSPS) is 28.6. The van der Waals surface area contributed by atoms with Crippen LogP contribution in [-0.2, 0) is 13.6 Å². The number of rotatable bonds is 4. The molecule has 0 radical (unpaired) electrons. The molecule has 1 aromatic rings. The van der Waals surface area contributed by atoms with E-state index in [0.717, 1.165) is 25.8 Å². The van der Waals surface area contributed by atoms with Crippen molar-refractivity contribution in [1.29, 1.82) is 0 Å². The maximum absolute atomic E-state index is 10.5. The van der Waals surface area contributed by atoms with Crippen LogP contribution in [0.25, 0.3) is 0 Å². The molecule has 1 heterocycles. The van der Waals surface area contributed by atoms with Gasteiger partial charge >= 0.3 is 0 Å². The van der Waals surface area contributed by atoms with Crippen LogP contribution in [0.4, 0.5) is 0 Å². The predicted octanol–water partition coefficient (Wildman–Crippen LogP) is 1.76. The minimum Gasteiger partial charge on any atom is -0.389 e. The van der Waals surface area contributed by atoms with Gasteiger partial charge in [-0.1, -0.05) is 19.8 Å². The summed E-state index contributed by atoms with van der Waals surface area (Å²) in [5.41, 5.74) is 1.89. The fourth-order valence-corrected chi connectivity index (χ4v) is 2.94. The highest BCUT2D eigenvalue weighted by Gasteiger charge is 2.32. The fraction of sp³-hybridized carbons (Fsp3) is 0.786. The van der Waals surface area contributed by atoms with Crippen molar-refractivity contribution < 1.29 is 5.11 Å². The van der Waals surface area contributed by atoms with Gasteiger partial charge in [0.1, 0.15) is 0 Å². The van der Waals surface area contributed by atoms with E-state index in [9.17, 15) is 5.11 Å². The third kappa shape index (κ3) is 3.12. The quantitative estimate of drug-likeness (QED) is 0.857. The molecule has 0 saturated heterocycles. The summed E-state index contributed by atoms with van der Waals surface area (Å²) >= 11 is 0. The van der Waals surface area contributed by atoms with Crippen LogP contribution in [0.1, 0.15) is 43.9 Å². The first kappa shape index (κ1) is 13.6. The number of hydrogen-bond acceptors (Lipinski definition) is 3. The first-order valence-corrected chi connectivity index (χ1v) is 6.91. The first-order valence-electron chi connectivity index (χ1n) is 6.91. The first-order chi connectivity index (χ1) is 8.50. The van der Waals surface area contributed by atoms with Gasteiger partial charge in [-0.25, -0.2) is 0 Å². The molecule has 2 unspecified atom stereocenters. The van der Waals surface area contributed by atoms with E-state index in [0.29, 0.717) is 12.5 Å². The molecule has 2 rings (SSSR count). The Balaban J connectivity index is 1.83. The van der Waals surface area contributed by atoms with Gasteiger partial charge in [0, 0.05) is 31.4 Å². The van der Waals surface area contributed by atoms with Gasteiger partial charge in [0.25, 0.3) is 0 Å². The molecular formula is C14H25N3O. The summed E-state index contributed by atoms with van der Waals surface area (Å²) < 4.78 is 1.88. The van der Waals surface area contributed by atoms with Crippen molar-refractivity contribution in [1.82, 2.24) is 15.1 Å². The van der Waals surface area contributed by atoms with Crippen molar-refractivity contribution in [2.45, 2.75) is 51.7 Å². The topological polar surface area (TPSA) is 50.1 Å². The Morgan fingerprint density at radius 3 is 3.00 bits per heavy atom. The third-order valence-corrected chi connectivity index (χ3v) is 4.17. The van der Waals surface area contributed by atoms with Gasteiger partial charge in [0.15, 0.2) is 0 Å². The highest BCUT2D eigenvalue weighted by Crippen LogP contribution is 2.31. The third-order valence-electron chi connectivity index (χ3n) is 4.17. The smallest absolute Gasteiger partial charge is 0.0774 e. The summed E-state index contributed by atoms with van der Waals surface area (Å²) in [7, 11) is 1.95. The number of aryl methyl sites for hydroxylation is 1. The second-order valence-electron chi connectivity index (χ2n) is 5.91. The Kier molecular flexibility index (Phi) is 4.07. The lowest BCUT2D eigenvalue weighted by molar-refractivity contribution is -0.0119. The number of aromatic nitrogens is 2. The highest BCUT2D eigenvalue weighted by molar-refractivity contribution is 5.15. The summed E-state index contributed by atoms with van der Waals surface area (Å²) in [5, 5.41) is 18.1. The molecule has 1 fully saturated rings. The Morgan fingerprint density at radius 1 is 1.61 bits per heavy atom. The van der Waals surface area contributed by atoms with E-state index in [2.05, 4.69) is 24.3 Å². The second-order valence-corrected chi connectivity index (χ2v) is 5.91. The van der Waals surface area contributed by atoms with Crippen molar-refractivity contribution in [3.05, 3.63) is 17.5 Å². The van der Waals surface area contributed by atoms with E-state index >= 15 is 0 Å². The van der Waals surface area contributed by atoms with Gasteiger partial charge in [-0.3, -0.25) is 4.68 Å². The van der Waals surface area contributed by atoms with Gasteiger partial charge in [-0.15, -0.1) is 0 Å². The summed E-state index contributed by atoms with van der Waals surface area (Å²) in [6, 6.07) is 0. The molecule has 0 spiro atoms. The molecule has 18 heavy (non-hydrogen) atoms. The average molecular weight is 251 g/mol. The molecule has 2 N–H and O–H groups in total. The maximum Gasteiger partial charge on any atom is 0.0774 e. The second kappa shape index (κ2) is 5.41. The average Bonchev–Trinajstić information content (AvgIpc) is 2.60. The number of aliphatic hydroxyl groups is 1. The summed E-state index contributed by atoms with van der Waals surface area (Å²) in [5.74, 6) is 0.644. The lowest BCUT2D eigenvalue weighted by Gasteiger charge is -2.35. The van der Waals surface area contributed by atoms with Crippen molar-refractivity contribution >= 4 is 0 Å². The van der Waals surface area contributed by atoms with Crippen molar-refractivity contribution in [2.24, 2.45) is 13.0 Å². The molecule has 102 valence electrons. The summed E-state index contributed by atoms with van der Waals surface area (Å²) in [6.45, 7) is 5.78. The molecule has 1 aromatic heterocycles. The zero-order valence-corrected chi connectivity index (χ0v) is 11.7. The number of hydrogen-bond donors (Lipinski definition) is 2. The Morgan fingerprint density at radius 2 is 2.39 bits per heavy atom. The fourth-order valence-electron chi connectivity index (χ4n) is 2.94. The molecule has 0 amide bonds. The van der Waals surface area contributed by atoms with Gasteiger partial charge in [-0.05, 0) is 25.7 Å². The largest absolute Gasteiger partial charge is 0.389 e. The van der Waals surface area contributed by atoms with Gasteiger partial charge in [0.05, 0.1) is 11.8 Å². The van der Waals surface area contributed by atoms with Crippen molar-refractivity contribution in [2.75, 3.05) is 6.54 Å². The predicted molar refractivity (Wildman–Crippen MR) is 72.2 cm³/mol. The van der Waals surface area contributed by atoms with Crippen LogP contribution < -0.4 is 5.32 Å². The number of nitrogens with zero attached hydrogens (tertiary/aromatic N) is 2. The highest BCUT2D eigenvalue weighted by atomic mass is 16.3. The molecule has 1 saturated carbocycles. The van der Waals surface area contributed by atoms with Crippen LogP contribution in [0.2, 0.25) is 0 Å². The molecule has 0 aromatic carbocycles. The monoisotopic (exact) mass is 251 g/mol. The van der Waals surface area contributed by atoms with Crippen LogP contribution in [0.3, 0.4) is 0 Å². The van der Waals surface area contributed by atoms with Crippen LogP contribution in [0.5, 0.6) is 0 Å². The van der Waals surface area contributed by atoms with Crippen LogP contribution in [-0.4, -0.2) is 27.0 Å². The Labute approximate surface area is 109 Å². The minimum absolute atomic E-state index is 0.506. The standard InChI is InChI=1S/C14H25N3O/c1-11-5-4-6-14(18,7-11)10-15-8-13-9-16-17(3)12(13)2/h9,11,15,18H,4-8,10H2,1-3H3. The van der Waals surface area contributed by atoms with E-state index in [1.165, 1.54) is 17.7 Å². The summed E-state index contributed by atoms with van der Waals surface area (Å²) in [6.07, 6.45) is 6.15. The molecule has 2 atom stereocenters. The van der Waals surface area contributed by atoms with Gasteiger partial charge < -0.3 is 10.4 Å². The minimum atomic E-state index is -0.506. The van der Waals surface area contributed by atoms with E-state index in [4.69, 9.17) is 0 Å². The van der Waals surface area contributed by atoms with Crippen molar-refractivity contribution in [3.8, 4) is 0 Å². The zero-order valence-electron chi connectivity index (χ0n) is 11.7. The van der Waals surface area contributed by atoms with E-state index in [1.54, 1.807) is 0 Å². The maximum atomic E-state index is 10.5. The summed E-state index contributed by atoms with van der Waals surface area (Å²) in [4.78, 5) is 0. The molecule has 1 aliphatic rings. The molecule has 0 bridgehead atoms. The molecule has 1 aliphatic carbocycles. The molecular weight excluding hydrogens is 226 g/mol. The lowest BCUT2D eigenvalue weighted by Crippen LogP contribution is -2.43. The van der Waals surface area contributed by atoms with Gasteiger partial charge in [0.2, 0.25) is 0 Å². The van der Waals surface area contributed by atoms with Crippen LogP contribution >= 0.6 is 0 Å². The Bertz CT molecular complexity index is 402. The molecule has 4 nitrogen and oxygen atoms in total. The van der Waals surface area contributed by atoms with Crippen molar-refractivity contribution in [3.63, 3.8) is 0 Å². The van der Waals surface area contributed by atoms with Crippen LogP contribution in [0.15, 0.2) is 6.20 Å². The molecule has 0 aliphatic heterocycles. The Hall–Kier alpha value is -0.870. The number of nitrogens with one attached hydrogen (secondary N) is 1. The lowest BCUT2D eigenvalue weighted by atomic mass is 9.79. The SMILES string of the molecule is Cc1c(CNCC2(O)CCCC(C)C2)cnn1C. The molecule has 4 heteroatoms.